The minimum absolute atomic E-state index is 0.00310. The van der Waals surface area contributed by atoms with Crippen molar-refractivity contribution in [1.29, 1.82) is 0 Å². The van der Waals surface area contributed by atoms with Crippen molar-refractivity contribution in [1.82, 2.24) is 15.3 Å². The Kier molecular flexibility index (Phi) is 7.46. The molecule has 0 aliphatic carbocycles. The van der Waals surface area contributed by atoms with Crippen molar-refractivity contribution in [3.63, 3.8) is 0 Å². The van der Waals surface area contributed by atoms with E-state index in [4.69, 9.17) is 4.74 Å². The van der Waals surface area contributed by atoms with E-state index in [1.165, 1.54) is 12.1 Å². The molecule has 1 aliphatic rings. The summed E-state index contributed by atoms with van der Waals surface area (Å²) in [7, 11) is 0. The summed E-state index contributed by atoms with van der Waals surface area (Å²) in [4.78, 5) is 14.1. The average Bonchev–Trinajstić information content (AvgIpc) is 2.59. The average molecular weight is 353 g/mol. The second kappa shape index (κ2) is 9.58. The predicted molar refractivity (Wildman–Crippen MR) is 93.3 cm³/mol. The number of hydroxylamine groups is 2. The van der Waals surface area contributed by atoms with Gasteiger partial charge in [0.2, 0.25) is 0 Å². The summed E-state index contributed by atoms with van der Waals surface area (Å²) in [5.74, 6) is 0.405. The van der Waals surface area contributed by atoms with Crippen molar-refractivity contribution >= 4 is 6.03 Å². The number of carbonyl (C=O) groups is 1. The van der Waals surface area contributed by atoms with E-state index in [-0.39, 0.29) is 17.9 Å². The van der Waals surface area contributed by atoms with Crippen molar-refractivity contribution < 1.29 is 19.1 Å². The lowest BCUT2D eigenvalue weighted by molar-refractivity contribution is -0.0931. The van der Waals surface area contributed by atoms with Crippen LogP contribution in [0.15, 0.2) is 24.3 Å². The van der Waals surface area contributed by atoms with Gasteiger partial charge in [-0.05, 0) is 57.4 Å². The van der Waals surface area contributed by atoms with Gasteiger partial charge >= 0.3 is 6.03 Å². The van der Waals surface area contributed by atoms with Gasteiger partial charge < -0.3 is 15.0 Å². The van der Waals surface area contributed by atoms with Gasteiger partial charge in [0.1, 0.15) is 11.6 Å². The maximum absolute atomic E-state index is 12.8. The van der Waals surface area contributed by atoms with Crippen LogP contribution in [0.2, 0.25) is 0 Å². The molecule has 1 heterocycles. The third kappa shape index (κ3) is 6.51. The summed E-state index contributed by atoms with van der Waals surface area (Å²) in [6, 6.07) is 5.46. The van der Waals surface area contributed by atoms with Crippen LogP contribution in [0, 0.1) is 5.82 Å². The zero-order valence-corrected chi connectivity index (χ0v) is 14.9. The maximum Gasteiger partial charge on any atom is 0.341 e. The molecule has 0 saturated carbocycles. The van der Waals surface area contributed by atoms with E-state index in [1.807, 2.05) is 13.8 Å². The molecule has 1 aromatic carbocycles. The molecule has 1 fully saturated rings. The van der Waals surface area contributed by atoms with E-state index in [2.05, 4.69) is 10.2 Å². The van der Waals surface area contributed by atoms with Gasteiger partial charge in [-0.15, -0.1) is 0 Å². The number of likely N-dealkylation sites (tertiary alicyclic amines) is 1. The molecule has 0 atom stereocenters. The molecule has 2 rings (SSSR count). The Labute approximate surface area is 148 Å². The highest BCUT2D eigenvalue weighted by molar-refractivity contribution is 5.73. The van der Waals surface area contributed by atoms with Crippen LogP contribution in [0.1, 0.15) is 33.1 Å². The number of urea groups is 1. The van der Waals surface area contributed by atoms with Gasteiger partial charge in [-0.2, -0.15) is 0 Å². The lowest BCUT2D eigenvalue weighted by Crippen LogP contribution is -2.50. The zero-order chi connectivity index (χ0) is 18.2. The molecule has 0 aromatic heterocycles. The number of nitrogens with zero attached hydrogens (tertiary/aromatic N) is 2. The molecule has 0 bridgehead atoms. The minimum atomic E-state index is -0.429. The lowest BCUT2D eigenvalue weighted by Gasteiger charge is -2.35. The molecule has 6 nitrogen and oxygen atoms in total. The smallest absolute Gasteiger partial charge is 0.341 e. The first kappa shape index (κ1) is 19.5. The summed E-state index contributed by atoms with van der Waals surface area (Å²) in [5, 5.41) is 13.5. The fourth-order valence-corrected chi connectivity index (χ4v) is 2.88. The number of hydrogen-bond donors (Lipinski definition) is 2. The maximum atomic E-state index is 12.8. The summed E-state index contributed by atoms with van der Waals surface area (Å²) in [6.07, 6.45) is 2.38. The molecule has 0 spiro atoms. The van der Waals surface area contributed by atoms with Gasteiger partial charge in [-0.25, -0.2) is 14.2 Å². The van der Waals surface area contributed by atoms with Gasteiger partial charge in [-0.3, -0.25) is 5.21 Å². The van der Waals surface area contributed by atoms with E-state index < -0.39 is 6.03 Å². The summed E-state index contributed by atoms with van der Waals surface area (Å²) in [6.45, 7) is 6.89. The lowest BCUT2D eigenvalue weighted by atomic mass is 10.0. The van der Waals surface area contributed by atoms with Crippen molar-refractivity contribution in [2.45, 2.75) is 45.2 Å². The number of hydrogen-bond acceptors (Lipinski definition) is 4. The predicted octanol–water partition coefficient (Wildman–Crippen LogP) is 2.87. The molecule has 7 heteroatoms. The number of rotatable bonds is 7. The molecule has 140 valence electrons. The van der Waals surface area contributed by atoms with Crippen LogP contribution in [0.5, 0.6) is 5.75 Å². The Morgan fingerprint density at radius 3 is 2.60 bits per heavy atom. The first-order valence-corrected chi connectivity index (χ1v) is 8.85. The number of piperidine rings is 1. The Hall–Kier alpha value is -1.86. The van der Waals surface area contributed by atoms with Crippen molar-refractivity contribution in [3.8, 4) is 5.75 Å². The van der Waals surface area contributed by atoms with E-state index in [0.29, 0.717) is 12.4 Å². The van der Waals surface area contributed by atoms with Crippen LogP contribution in [0.25, 0.3) is 0 Å². The monoisotopic (exact) mass is 353 g/mol. The van der Waals surface area contributed by atoms with Crippen LogP contribution < -0.4 is 10.1 Å². The van der Waals surface area contributed by atoms with Crippen LogP contribution in [0.4, 0.5) is 9.18 Å². The highest BCUT2D eigenvalue weighted by atomic mass is 19.1. The first-order chi connectivity index (χ1) is 12.0. The van der Waals surface area contributed by atoms with E-state index in [9.17, 15) is 14.4 Å². The molecule has 2 amide bonds. The van der Waals surface area contributed by atoms with Gasteiger partial charge in [0, 0.05) is 25.7 Å². The van der Waals surface area contributed by atoms with Crippen LogP contribution >= 0.6 is 0 Å². The van der Waals surface area contributed by atoms with Crippen molar-refractivity contribution in [3.05, 3.63) is 30.1 Å². The number of halogens is 1. The Balaban J connectivity index is 1.62. The van der Waals surface area contributed by atoms with Gasteiger partial charge in [0.05, 0.1) is 12.6 Å². The number of carbonyl (C=O) groups excluding carboxylic acids is 1. The molecule has 1 saturated heterocycles. The topological polar surface area (TPSA) is 65.0 Å². The number of nitrogens with one attached hydrogen (secondary N) is 1. The number of ether oxygens (including phenoxy) is 1. The SMILES string of the molecule is CC(C)NC(=O)N(O)C1CCN(CCCOc2ccc(F)cc2)CC1. The van der Waals surface area contributed by atoms with Gasteiger partial charge in [0.25, 0.3) is 0 Å². The zero-order valence-electron chi connectivity index (χ0n) is 14.9. The molecule has 25 heavy (non-hydrogen) atoms. The highest BCUT2D eigenvalue weighted by Crippen LogP contribution is 2.16. The van der Waals surface area contributed by atoms with Crippen LogP contribution in [0.3, 0.4) is 0 Å². The Morgan fingerprint density at radius 1 is 1.36 bits per heavy atom. The van der Waals surface area contributed by atoms with E-state index in [1.54, 1.807) is 12.1 Å². The third-order valence-corrected chi connectivity index (χ3v) is 4.22. The molecule has 0 unspecified atom stereocenters. The number of benzene rings is 1. The quantitative estimate of drug-likeness (QED) is 0.449. The third-order valence-electron chi connectivity index (χ3n) is 4.22. The second-order valence-corrected chi connectivity index (χ2v) is 6.68. The van der Waals surface area contributed by atoms with Crippen LogP contribution in [-0.4, -0.2) is 59.5 Å². The minimum Gasteiger partial charge on any atom is -0.494 e. The van der Waals surface area contributed by atoms with Gasteiger partial charge in [-0.1, -0.05) is 0 Å². The summed E-state index contributed by atoms with van der Waals surface area (Å²) in [5.41, 5.74) is 0. The van der Waals surface area contributed by atoms with E-state index in [0.717, 1.165) is 44.0 Å². The largest absolute Gasteiger partial charge is 0.494 e. The van der Waals surface area contributed by atoms with Crippen LogP contribution in [-0.2, 0) is 0 Å². The molecule has 1 aromatic rings. The highest BCUT2D eigenvalue weighted by Gasteiger charge is 2.27. The Morgan fingerprint density at radius 2 is 2.00 bits per heavy atom. The first-order valence-electron chi connectivity index (χ1n) is 8.85. The molecule has 2 N–H and O–H groups in total. The molecule has 1 aliphatic heterocycles. The summed E-state index contributed by atoms with van der Waals surface area (Å²) >= 11 is 0. The van der Waals surface area contributed by atoms with E-state index >= 15 is 0 Å². The second-order valence-electron chi connectivity index (χ2n) is 6.68. The molecule has 0 radical (unpaired) electrons. The normalized spacial score (nSPS) is 16.0. The van der Waals surface area contributed by atoms with Crippen molar-refractivity contribution in [2.24, 2.45) is 0 Å². The summed E-state index contributed by atoms with van der Waals surface area (Å²) < 4.78 is 18.4. The number of amides is 2. The molecular weight excluding hydrogens is 325 g/mol. The Bertz CT molecular complexity index is 531. The standard InChI is InChI=1S/C18H28FN3O3/c1-14(2)20-18(23)22(24)16-8-11-21(12-9-16)10-3-13-25-17-6-4-15(19)5-7-17/h4-7,14,16,24H,3,8-13H2,1-2H3,(H,20,23). The molecular formula is C18H28FN3O3. The fraction of sp³-hybridized carbons (Fsp3) is 0.611. The fourth-order valence-electron chi connectivity index (χ4n) is 2.88. The van der Waals surface area contributed by atoms with Gasteiger partial charge in [0.15, 0.2) is 0 Å². The van der Waals surface area contributed by atoms with Crippen molar-refractivity contribution in [2.75, 3.05) is 26.2 Å².